The molecule has 2 heterocycles. The van der Waals surface area contributed by atoms with E-state index in [2.05, 4.69) is 60.8 Å². The van der Waals surface area contributed by atoms with Crippen LogP contribution in [0.1, 0.15) is 65.0 Å². The van der Waals surface area contributed by atoms with Crippen LogP contribution in [0.25, 0.3) is 0 Å². The summed E-state index contributed by atoms with van der Waals surface area (Å²) >= 11 is 0. The highest BCUT2D eigenvalue weighted by Crippen LogP contribution is 2.39. The summed E-state index contributed by atoms with van der Waals surface area (Å²) in [7, 11) is 1.82. The lowest BCUT2D eigenvalue weighted by Crippen LogP contribution is -2.50. The van der Waals surface area contributed by atoms with Crippen molar-refractivity contribution in [3.05, 3.63) is 82.0 Å². The molecule has 0 saturated carbocycles. The van der Waals surface area contributed by atoms with E-state index in [0.29, 0.717) is 11.4 Å². The summed E-state index contributed by atoms with van der Waals surface area (Å²) < 4.78 is 1.69. The zero-order valence-corrected chi connectivity index (χ0v) is 19.5. The van der Waals surface area contributed by atoms with Crippen molar-refractivity contribution in [3.63, 3.8) is 0 Å². The number of fused-ring (bicyclic) bond motifs is 1. The van der Waals surface area contributed by atoms with E-state index in [4.69, 9.17) is 0 Å². The predicted octanol–water partition coefficient (Wildman–Crippen LogP) is 4.22. The van der Waals surface area contributed by atoms with Gasteiger partial charge in [0.1, 0.15) is 11.9 Å². The predicted molar refractivity (Wildman–Crippen MR) is 126 cm³/mol. The zero-order valence-electron chi connectivity index (χ0n) is 19.5. The van der Waals surface area contributed by atoms with E-state index >= 15 is 0 Å². The van der Waals surface area contributed by atoms with Gasteiger partial charge in [0, 0.05) is 24.1 Å². The smallest absolute Gasteiger partial charge is 0.251 e. The molecule has 2 N–H and O–H groups in total. The Bertz CT molecular complexity index is 1190. The van der Waals surface area contributed by atoms with Gasteiger partial charge in [0.15, 0.2) is 0 Å². The molecule has 1 aliphatic heterocycles. The lowest BCUT2D eigenvalue weighted by molar-refractivity contribution is -0.118. The first kappa shape index (κ1) is 21.8. The third-order valence-corrected chi connectivity index (χ3v) is 6.14. The second kappa shape index (κ2) is 7.93. The van der Waals surface area contributed by atoms with Crippen LogP contribution in [0.5, 0.6) is 0 Å². The van der Waals surface area contributed by atoms with E-state index in [1.807, 2.05) is 39.1 Å². The van der Waals surface area contributed by atoms with Gasteiger partial charge in [-0.25, -0.2) is 0 Å². The minimum absolute atomic E-state index is 0.0244. The molecular formula is C26H30N4O2. The molecule has 0 saturated heterocycles. The maximum atomic E-state index is 13.2. The minimum Gasteiger partial charge on any atom is -0.339 e. The van der Waals surface area contributed by atoms with E-state index in [-0.39, 0.29) is 23.1 Å². The van der Waals surface area contributed by atoms with Crippen LogP contribution in [0.15, 0.2) is 48.5 Å². The summed E-state index contributed by atoms with van der Waals surface area (Å²) in [6, 6.07) is 14.9. The topological polar surface area (TPSA) is 76.0 Å². The second-order valence-corrected chi connectivity index (χ2v) is 9.63. The first-order chi connectivity index (χ1) is 15.1. The molecule has 0 aliphatic carbocycles. The first-order valence-corrected chi connectivity index (χ1v) is 10.9. The van der Waals surface area contributed by atoms with Crippen LogP contribution < -0.4 is 10.6 Å². The Morgan fingerprint density at radius 3 is 2.41 bits per heavy atom. The van der Waals surface area contributed by atoms with Crippen LogP contribution in [0.3, 0.4) is 0 Å². The van der Waals surface area contributed by atoms with Crippen LogP contribution in [0.2, 0.25) is 0 Å². The molecule has 0 fully saturated rings. The molecule has 4 rings (SSSR count). The monoisotopic (exact) mass is 430 g/mol. The second-order valence-electron chi connectivity index (χ2n) is 9.63. The fraction of sp³-hybridized carbons (Fsp3) is 0.346. The van der Waals surface area contributed by atoms with Crippen molar-refractivity contribution < 1.29 is 9.59 Å². The first-order valence-electron chi connectivity index (χ1n) is 10.9. The molecule has 0 unspecified atom stereocenters. The van der Waals surface area contributed by atoms with Gasteiger partial charge in [-0.2, -0.15) is 5.10 Å². The highest BCUT2D eigenvalue weighted by Gasteiger charge is 2.41. The fourth-order valence-electron chi connectivity index (χ4n) is 4.42. The maximum Gasteiger partial charge on any atom is 0.251 e. The molecule has 1 aromatic heterocycles. The Morgan fingerprint density at radius 2 is 1.78 bits per heavy atom. The van der Waals surface area contributed by atoms with Gasteiger partial charge in [0.2, 0.25) is 5.91 Å². The number of nitrogens with one attached hydrogen (secondary N) is 2. The van der Waals surface area contributed by atoms with Crippen molar-refractivity contribution in [1.29, 1.82) is 0 Å². The number of carbonyl (C=O) groups is 2. The van der Waals surface area contributed by atoms with Crippen molar-refractivity contribution in [3.8, 4) is 0 Å². The molecule has 2 aromatic carbocycles. The van der Waals surface area contributed by atoms with Crippen LogP contribution >= 0.6 is 0 Å². The van der Waals surface area contributed by atoms with E-state index in [1.54, 1.807) is 10.7 Å². The number of amides is 2. The Kier molecular flexibility index (Phi) is 5.41. The van der Waals surface area contributed by atoms with Gasteiger partial charge in [-0.05, 0) is 42.5 Å². The number of nitrogens with zero attached hydrogens (tertiary/aromatic N) is 2. The quantitative estimate of drug-likeness (QED) is 0.653. The van der Waals surface area contributed by atoms with E-state index in [0.717, 1.165) is 22.4 Å². The number of rotatable bonds is 3. The van der Waals surface area contributed by atoms with Crippen molar-refractivity contribution in [2.45, 2.75) is 52.0 Å². The Morgan fingerprint density at radius 1 is 1.09 bits per heavy atom. The van der Waals surface area contributed by atoms with Gasteiger partial charge in [-0.3, -0.25) is 14.3 Å². The Labute approximate surface area is 189 Å². The average Bonchev–Trinajstić information content (AvgIpc) is 3.01. The van der Waals surface area contributed by atoms with Gasteiger partial charge in [-0.1, -0.05) is 62.7 Å². The SMILES string of the molecule is Cc1cccc(C(=O)N[C@@H]2C(=O)Nc3c(c(C)nn3C)[C@@H]2c2ccc(C(C)(C)C)cc2)c1. The standard InChI is InChI=1S/C26H30N4O2/c1-15-8-7-9-18(14-15)24(31)27-22-21(17-10-12-19(13-11-17)26(3,4)5)20-16(2)29-30(6)23(20)28-25(22)32/h7-14,21-22H,1-6H3,(H,27,31)(H,28,32)/t21-,22-/m0/s1. The molecule has 6 nitrogen and oxygen atoms in total. The fourth-order valence-corrected chi connectivity index (χ4v) is 4.42. The molecule has 32 heavy (non-hydrogen) atoms. The minimum atomic E-state index is -0.751. The van der Waals surface area contributed by atoms with Crippen LogP contribution in [0.4, 0.5) is 5.82 Å². The number of aryl methyl sites for hydroxylation is 3. The number of aromatic nitrogens is 2. The Balaban J connectivity index is 1.78. The summed E-state index contributed by atoms with van der Waals surface area (Å²) in [4.78, 5) is 26.3. The summed E-state index contributed by atoms with van der Waals surface area (Å²) in [5.41, 5.74) is 5.51. The lowest BCUT2D eigenvalue weighted by atomic mass is 9.80. The number of benzene rings is 2. The summed E-state index contributed by atoms with van der Waals surface area (Å²) in [5, 5.41) is 10.5. The number of anilines is 1. The highest BCUT2D eigenvalue weighted by molar-refractivity contribution is 6.04. The molecule has 6 heteroatoms. The van der Waals surface area contributed by atoms with Crippen molar-refractivity contribution in [2.24, 2.45) is 7.05 Å². The molecule has 1 aliphatic rings. The molecule has 2 atom stereocenters. The third-order valence-electron chi connectivity index (χ3n) is 6.14. The van der Waals surface area contributed by atoms with Gasteiger partial charge in [0.05, 0.1) is 5.69 Å². The molecule has 0 spiro atoms. The van der Waals surface area contributed by atoms with Crippen LogP contribution in [-0.4, -0.2) is 27.6 Å². The summed E-state index contributed by atoms with van der Waals surface area (Å²) in [6.45, 7) is 10.4. The number of hydrogen-bond acceptors (Lipinski definition) is 3. The highest BCUT2D eigenvalue weighted by atomic mass is 16.2. The molecule has 0 radical (unpaired) electrons. The van der Waals surface area contributed by atoms with Crippen LogP contribution in [-0.2, 0) is 17.3 Å². The maximum absolute atomic E-state index is 13.2. The molecular weight excluding hydrogens is 400 g/mol. The zero-order chi connectivity index (χ0) is 23.2. The Hall–Kier alpha value is -3.41. The lowest BCUT2D eigenvalue weighted by Gasteiger charge is -2.33. The van der Waals surface area contributed by atoms with Crippen molar-refractivity contribution >= 4 is 17.6 Å². The third kappa shape index (κ3) is 3.93. The van der Waals surface area contributed by atoms with Gasteiger partial charge in [0.25, 0.3) is 5.91 Å². The van der Waals surface area contributed by atoms with E-state index in [1.165, 1.54) is 5.56 Å². The largest absolute Gasteiger partial charge is 0.339 e. The van der Waals surface area contributed by atoms with Gasteiger partial charge in [-0.15, -0.1) is 0 Å². The summed E-state index contributed by atoms with van der Waals surface area (Å²) in [6.07, 6.45) is 0. The van der Waals surface area contributed by atoms with Gasteiger partial charge < -0.3 is 10.6 Å². The molecule has 0 bridgehead atoms. The average molecular weight is 431 g/mol. The molecule has 2 amide bonds. The molecule has 166 valence electrons. The summed E-state index contributed by atoms with van der Waals surface area (Å²) in [5.74, 6) is -0.171. The van der Waals surface area contributed by atoms with Gasteiger partial charge >= 0.3 is 0 Å². The van der Waals surface area contributed by atoms with E-state index < -0.39 is 6.04 Å². The normalized spacial score (nSPS) is 18.1. The number of carbonyl (C=O) groups excluding carboxylic acids is 2. The van der Waals surface area contributed by atoms with Crippen molar-refractivity contribution in [1.82, 2.24) is 15.1 Å². The number of hydrogen-bond donors (Lipinski definition) is 2. The van der Waals surface area contributed by atoms with Crippen molar-refractivity contribution in [2.75, 3.05) is 5.32 Å². The molecule has 3 aromatic rings. The van der Waals surface area contributed by atoms with E-state index in [9.17, 15) is 9.59 Å². The van der Waals surface area contributed by atoms with Crippen LogP contribution in [0, 0.1) is 13.8 Å².